The molecule has 2 N–H and O–H groups in total. The number of rotatable bonds is 6. The highest BCUT2D eigenvalue weighted by molar-refractivity contribution is 7.15. The molecule has 2 aromatic rings. The van der Waals surface area contributed by atoms with Crippen molar-refractivity contribution in [3.05, 3.63) is 51.2 Å². The molecule has 0 saturated carbocycles. The highest BCUT2D eigenvalue weighted by Crippen LogP contribution is 2.22. The van der Waals surface area contributed by atoms with Gasteiger partial charge in [-0.2, -0.15) is 0 Å². The molecule has 0 radical (unpaired) electrons. The van der Waals surface area contributed by atoms with E-state index in [4.69, 9.17) is 9.84 Å². The zero-order valence-electron chi connectivity index (χ0n) is 13.3. The lowest BCUT2D eigenvalue weighted by Gasteiger charge is -2.17. The Morgan fingerprint density at radius 2 is 1.78 bits per heavy atom. The van der Waals surface area contributed by atoms with Crippen molar-refractivity contribution in [2.45, 2.75) is 26.8 Å². The first-order valence-corrected chi connectivity index (χ1v) is 8.03. The van der Waals surface area contributed by atoms with Gasteiger partial charge in [0.2, 0.25) is 0 Å². The van der Waals surface area contributed by atoms with Gasteiger partial charge in [0.1, 0.15) is 17.2 Å². The molecule has 1 unspecified atom stereocenters. The Hall–Kier alpha value is -2.34. The van der Waals surface area contributed by atoms with Crippen molar-refractivity contribution < 1.29 is 19.4 Å². The van der Waals surface area contributed by atoms with Crippen molar-refractivity contribution >= 4 is 23.2 Å². The first kappa shape index (κ1) is 17.0. The number of carbonyl (C=O) groups excluding carboxylic acids is 1. The minimum Gasteiger partial charge on any atom is -0.491 e. The summed E-state index contributed by atoms with van der Waals surface area (Å²) in [6.07, 6.45) is 0. The number of amides is 1. The van der Waals surface area contributed by atoms with Crippen molar-refractivity contribution in [3.63, 3.8) is 0 Å². The molecule has 0 spiro atoms. The maximum absolute atomic E-state index is 12.1. The van der Waals surface area contributed by atoms with Gasteiger partial charge in [-0.05, 0) is 44.0 Å². The molecule has 0 aliphatic rings. The number of aromatic carboxylic acids is 1. The third kappa shape index (κ3) is 4.32. The summed E-state index contributed by atoms with van der Waals surface area (Å²) in [5.74, 6) is -0.488. The molecule has 1 amide bonds. The van der Waals surface area contributed by atoms with Crippen LogP contribution >= 0.6 is 11.3 Å². The average Bonchev–Trinajstić information content (AvgIpc) is 2.96. The Morgan fingerprint density at radius 3 is 2.35 bits per heavy atom. The van der Waals surface area contributed by atoms with E-state index in [1.165, 1.54) is 12.1 Å². The van der Waals surface area contributed by atoms with Crippen molar-refractivity contribution in [2.75, 3.05) is 6.61 Å². The third-order valence-electron chi connectivity index (χ3n) is 3.30. The summed E-state index contributed by atoms with van der Waals surface area (Å²) >= 11 is 0.958. The van der Waals surface area contributed by atoms with Crippen LogP contribution < -0.4 is 10.1 Å². The van der Waals surface area contributed by atoms with Crippen molar-refractivity contribution in [3.8, 4) is 5.75 Å². The summed E-state index contributed by atoms with van der Waals surface area (Å²) in [6, 6.07) is 8.67. The molecule has 5 nitrogen and oxygen atoms in total. The van der Waals surface area contributed by atoms with E-state index >= 15 is 0 Å². The van der Waals surface area contributed by atoms with Gasteiger partial charge in [-0.15, -0.1) is 11.3 Å². The van der Waals surface area contributed by atoms with Crippen LogP contribution in [0.4, 0.5) is 0 Å². The molecule has 0 bridgehead atoms. The number of carboxylic acids is 1. The molecule has 23 heavy (non-hydrogen) atoms. The van der Waals surface area contributed by atoms with Gasteiger partial charge in [-0.3, -0.25) is 4.79 Å². The van der Waals surface area contributed by atoms with Gasteiger partial charge in [0.25, 0.3) is 5.91 Å². The summed E-state index contributed by atoms with van der Waals surface area (Å²) < 4.78 is 5.80. The van der Waals surface area contributed by atoms with Gasteiger partial charge < -0.3 is 15.2 Å². The zero-order chi connectivity index (χ0) is 17.0. The van der Waals surface area contributed by atoms with E-state index in [1.54, 1.807) is 0 Å². The smallest absolute Gasteiger partial charge is 0.345 e. The van der Waals surface area contributed by atoms with E-state index in [2.05, 4.69) is 5.32 Å². The molecular weight excluding hydrogens is 314 g/mol. The fourth-order valence-electron chi connectivity index (χ4n) is 2.15. The minimum absolute atomic E-state index is 0.148. The van der Waals surface area contributed by atoms with Gasteiger partial charge in [0, 0.05) is 0 Å². The average molecular weight is 333 g/mol. The van der Waals surface area contributed by atoms with Gasteiger partial charge in [0.05, 0.1) is 10.9 Å². The van der Waals surface area contributed by atoms with E-state index in [-0.39, 0.29) is 16.8 Å². The van der Waals surface area contributed by atoms with E-state index < -0.39 is 5.97 Å². The quantitative estimate of drug-likeness (QED) is 0.851. The van der Waals surface area contributed by atoms with Crippen LogP contribution in [0.25, 0.3) is 0 Å². The summed E-state index contributed by atoms with van der Waals surface area (Å²) in [4.78, 5) is 23.5. The van der Waals surface area contributed by atoms with Crippen LogP contribution in [-0.2, 0) is 0 Å². The van der Waals surface area contributed by atoms with E-state index in [0.717, 1.165) is 28.2 Å². The largest absolute Gasteiger partial charge is 0.491 e. The summed E-state index contributed by atoms with van der Waals surface area (Å²) in [6.45, 7) is 6.14. The number of hydrogen-bond acceptors (Lipinski definition) is 4. The normalized spacial score (nSPS) is 11.8. The molecule has 0 aliphatic carbocycles. The second-order valence-corrected chi connectivity index (χ2v) is 6.46. The van der Waals surface area contributed by atoms with Crippen LogP contribution in [0, 0.1) is 13.8 Å². The first-order chi connectivity index (χ1) is 10.9. The fraction of sp³-hybridized carbons (Fsp3) is 0.294. The van der Waals surface area contributed by atoms with Crippen LogP contribution in [0.15, 0.2) is 30.3 Å². The lowest BCUT2D eigenvalue weighted by atomic mass is 10.1. The van der Waals surface area contributed by atoms with Crippen molar-refractivity contribution in [1.82, 2.24) is 5.32 Å². The predicted molar refractivity (Wildman–Crippen MR) is 89.6 cm³/mol. The molecule has 2 rings (SSSR count). The van der Waals surface area contributed by atoms with Crippen molar-refractivity contribution in [2.24, 2.45) is 0 Å². The maximum Gasteiger partial charge on any atom is 0.345 e. The fourth-order valence-corrected chi connectivity index (χ4v) is 2.89. The molecule has 6 heteroatoms. The Kier molecular flexibility index (Phi) is 5.39. The SMILES string of the molecule is Cc1cccc(C)c1OCC(C)NC(=O)c1ccc(C(=O)O)s1. The number of thiophene rings is 1. The number of hydrogen-bond donors (Lipinski definition) is 2. The number of aryl methyl sites for hydroxylation is 2. The number of ether oxygens (including phenoxy) is 1. The second kappa shape index (κ2) is 7.28. The molecule has 1 heterocycles. The molecule has 0 aliphatic heterocycles. The van der Waals surface area contributed by atoms with Gasteiger partial charge in [0.15, 0.2) is 0 Å². The molecule has 1 atom stereocenters. The number of carboxylic acid groups (broad SMARTS) is 1. The third-order valence-corrected chi connectivity index (χ3v) is 4.38. The van der Waals surface area contributed by atoms with E-state index in [9.17, 15) is 9.59 Å². The number of para-hydroxylation sites is 1. The monoisotopic (exact) mass is 333 g/mol. The standard InChI is InChI=1S/C17H19NO4S/c1-10-5-4-6-11(2)15(10)22-9-12(3)18-16(19)13-7-8-14(23-13)17(20)21/h4-8,12H,9H2,1-3H3,(H,18,19)(H,20,21). The number of carbonyl (C=O) groups is 2. The van der Waals surface area contributed by atoms with E-state index in [1.807, 2.05) is 39.0 Å². The highest BCUT2D eigenvalue weighted by Gasteiger charge is 2.15. The Morgan fingerprint density at radius 1 is 1.17 bits per heavy atom. The van der Waals surface area contributed by atoms with Crippen LogP contribution in [0.2, 0.25) is 0 Å². The topological polar surface area (TPSA) is 75.6 Å². The van der Waals surface area contributed by atoms with E-state index in [0.29, 0.717) is 11.5 Å². The molecule has 0 saturated heterocycles. The Balaban J connectivity index is 1.92. The summed E-state index contributed by atoms with van der Waals surface area (Å²) in [5.41, 5.74) is 2.10. The molecule has 0 fully saturated rings. The van der Waals surface area contributed by atoms with Gasteiger partial charge in [-0.1, -0.05) is 18.2 Å². The lowest BCUT2D eigenvalue weighted by Crippen LogP contribution is -2.36. The van der Waals surface area contributed by atoms with Crippen LogP contribution in [0.5, 0.6) is 5.75 Å². The van der Waals surface area contributed by atoms with Crippen molar-refractivity contribution in [1.29, 1.82) is 0 Å². The molecule has 1 aromatic carbocycles. The molecular formula is C17H19NO4S. The maximum atomic E-state index is 12.1. The van der Waals surface area contributed by atoms with Gasteiger partial charge >= 0.3 is 5.97 Å². The van der Waals surface area contributed by atoms with Crippen LogP contribution in [0.1, 0.15) is 37.4 Å². The number of benzene rings is 1. The summed E-state index contributed by atoms with van der Waals surface area (Å²) in [5, 5.41) is 11.7. The predicted octanol–water partition coefficient (Wildman–Crippen LogP) is 3.26. The lowest BCUT2D eigenvalue weighted by molar-refractivity contribution is 0.0702. The van der Waals surface area contributed by atoms with Crippen LogP contribution in [0.3, 0.4) is 0 Å². The highest BCUT2D eigenvalue weighted by atomic mass is 32.1. The Labute approximate surface area is 138 Å². The molecule has 1 aromatic heterocycles. The minimum atomic E-state index is -1.03. The first-order valence-electron chi connectivity index (χ1n) is 7.21. The van der Waals surface area contributed by atoms with Crippen LogP contribution in [-0.4, -0.2) is 29.6 Å². The Bertz CT molecular complexity index is 703. The summed E-state index contributed by atoms with van der Waals surface area (Å²) in [7, 11) is 0. The number of nitrogens with one attached hydrogen (secondary N) is 1. The second-order valence-electron chi connectivity index (χ2n) is 5.38. The molecule has 122 valence electrons. The zero-order valence-corrected chi connectivity index (χ0v) is 14.1. The van der Waals surface area contributed by atoms with Gasteiger partial charge in [-0.25, -0.2) is 4.79 Å².